The van der Waals surface area contributed by atoms with E-state index in [0.717, 1.165) is 23.5 Å². The first kappa shape index (κ1) is 20.0. The summed E-state index contributed by atoms with van der Waals surface area (Å²) in [7, 11) is 0. The maximum absolute atomic E-state index is 10.6. The zero-order chi connectivity index (χ0) is 19.8. The van der Waals surface area contributed by atoms with Crippen molar-refractivity contribution < 1.29 is 29.3 Å². The number of ether oxygens (including phenoxy) is 2. The predicted octanol–water partition coefficient (Wildman–Crippen LogP) is 3.29. The lowest BCUT2D eigenvalue weighted by atomic mass is 9.88. The fourth-order valence-corrected chi connectivity index (χ4v) is 3.25. The second-order valence-corrected chi connectivity index (χ2v) is 6.64. The molecule has 0 bridgehead atoms. The summed E-state index contributed by atoms with van der Waals surface area (Å²) in [6.07, 6.45) is -0.653. The Morgan fingerprint density at radius 3 is 2.25 bits per heavy atom. The van der Waals surface area contributed by atoms with Gasteiger partial charge in [0.1, 0.15) is 11.5 Å². The largest absolute Gasteiger partial charge is 0.525 e. The number of rotatable bonds is 8. The average molecular weight is 387 g/mol. The number of β-amino-alcohol motifs (C(OH)–C–C–N with tert-alkyl or cyclic N) is 1. The highest BCUT2D eigenvalue weighted by Crippen LogP contribution is 2.29. The van der Waals surface area contributed by atoms with E-state index in [1.54, 1.807) is 0 Å². The Morgan fingerprint density at radius 2 is 1.64 bits per heavy atom. The number of piperidine rings is 1. The van der Waals surface area contributed by atoms with Crippen LogP contribution in [0.5, 0.6) is 11.5 Å². The minimum Gasteiger partial charge on any atom is -0.493 e. The summed E-state index contributed by atoms with van der Waals surface area (Å²) in [6.45, 7) is 1.76. The summed E-state index contributed by atoms with van der Waals surface area (Å²) in [5, 5.41) is 20.2. The zero-order valence-corrected chi connectivity index (χ0v) is 15.6. The Kier molecular flexibility index (Phi) is 7.11. The van der Waals surface area contributed by atoms with Crippen LogP contribution in [0.4, 0.5) is 4.79 Å². The molecule has 0 saturated carbocycles. The van der Waals surface area contributed by atoms with Crippen molar-refractivity contribution in [2.24, 2.45) is 0 Å². The first-order valence-corrected chi connectivity index (χ1v) is 9.36. The summed E-state index contributed by atoms with van der Waals surface area (Å²) in [5.74, 6) is 1.57. The van der Waals surface area contributed by atoms with Gasteiger partial charge in [0.05, 0.1) is 25.9 Å². The number of benzene rings is 2. The fraction of sp³-hybridized carbons (Fsp3) is 0.381. The topological polar surface area (TPSA) is 88.5 Å². The van der Waals surface area contributed by atoms with Crippen LogP contribution in [-0.4, -0.2) is 53.8 Å². The summed E-state index contributed by atoms with van der Waals surface area (Å²) in [4.78, 5) is 15.2. The molecule has 3 rings (SSSR count). The summed E-state index contributed by atoms with van der Waals surface area (Å²) >= 11 is 0. The number of hydrogen-bond donors (Lipinski definition) is 2. The third-order valence-corrected chi connectivity index (χ3v) is 4.63. The molecule has 28 heavy (non-hydrogen) atoms. The van der Waals surface area contributed by atoms with Crippen LogP contribution in [0.1, 0.15) is 24.3 Å². The van der Waals surface area contributed by atoms with Gasteiger partial charge in [-0.15, -0.1) is 5.06 Å². The molecule has 1 fully saturated rings. The molecule has 0 aliphatic carbocycles. The van der Waals surface area contributed by atoms with Gasteiger partial charge in [0.25, 0.3) is 0 Å². The molecule has 2 unspecified atom stereocenters. The number of aliphatic hydroxyl groups excluding tert-OH is 1. The molecule has 0 spiro atoms. The molecule has 2 aromatic rings. The van der Waals surface area contributed by atoms with Gasteiger partial charge < -0.3 is 24.5 Å². The van der Waals surface area contributed by atoms with Gasteiger partial charge in [0.15, 0.2) is 0 Å². The SMILES string of the molecule is O=C(O)ON1CCC(c2ccc(OCCCOc3ccccc3)cc2)C(O)C1. The van der Waals surface area contributed by atoms with Crippen LogP contribution in [0.25, 0.3) is 0 Å². The van der Waals surface area contributed by atoms with Crippen molar-refractivity contribution in [1.82, 2.24) is 5.06 Å². The van der Waals surface area contributed by atoms with Gasteiger partial charge in [-0.05, 0) is 36.2 Å². The highest BCUT2D eigenvalue weighted by atomic mass is 16.8. The lowest BCUT2D eigenvalue weighted by molar-refractivity contribution is -0.154. The van der Waals surface area contributed by atoms with Crippen LogP contribution < -0.4 is 9.47 Å². The Hall–Kier alpha value is -2.77. The molecular weight excluding hydrogens is 362 g/mol. The van der Waals surface area contributed by atoms with Gasteiger partial charge in [-0.25, -0.2) is 4.79 Å². The quantitative estimate of drug-likeness (QED) is 0.672. The van der Waals surface area contributed by atoms with Crippen LogP contribution >= 0.6 is 0 Å². The number of carbonyl (C=O) groups is 1. The van der Waals surface area contributed by atoms with E-state index in [1.807, 2.05) is 54.6 Å². The normalized spacial score (nSPS) is 19.8. The Labute approximate surface area is 164 Å². The number of hydroxylamine groups is 2. The van der Waals surface area contributed by atoms with Crippen LogP contribution in [-0.2, 0) is 4.84 Å². The second-order valence-electron chi connectivity index (χ2n) is 6.64. The zero-order valence-electron chi connectivity index (χ0n) is 15.6. The minimum atomic E-state index is -1.36. The average Bonchev–Trinajstić information content (AvgIpc) is 2.69. The molecule has 1 aliphatic heterocycles. The third-order valence-electron chi connectivity index (χ3n) is 4.63. The molecule has 150 valence electrons. The number of hydrogen-bond acceptors (Lipinski definition) is 6. The lowest BCUT2D eigenvalue weighted by Crippen LogP contribution is -2.43. The van der Waals surface area contributed by atoms with Crippen LogP contribution in [0.15, 0.2) is 54.6 Å². The van der Waals surface area contributed by atoms with Gasteiger partial charge in [-0.2, -0.15) is 0 Å². The smallest absolute Gasteiger partial charge is 0.493 e. The molecule has 0 amide bonds. The van der Waals surface area contributed by atoms with Gasteiger partial charge in [-0.3, -0.25) is 0 Å². The number of nitrogens with zero attached hydrogens (tertiary/aromatic N) is 1. The summed E-state index contributed by atoms with van der Waals surface area (Å²) in [6, 6.07) is 17.3. The summed E-state index contributed by atoms with van der Waals surface area (Å²) < 4.78 is 11.4. The van der Waals surface area contributed by atoms with Crippen molar-refractivity contribution in [3.63, 3.8) is 0 Å². The third kappa shape index (κ3) is 5.87. The van der Waals surface area contributed by atoms with Crippen molar-refractivity contribution in [2.75, 3.05) is 26.3 Å². The highest BCUT2D eigenvalue weighted by molar-refractivity contribution is 5.56. The van der Waals surface area contributed by atoms with Gasteiger partial charge in [-0.1, -0.05) is 30.3 Å². The number of aliphatic hydroxyl groups is 1. The van der Waals surface area contributed by atoms with E-state index in [1.165, 1.54) is 5.06 Å². The Morgan fingerprint density at radius 1 is 1.00 bits per heavy atom. The molecule has 7 nitrogen and oxygen atoms in total. The molecule has 2 atom stereocenters. The second kappa shape index (κ2) is 9.96. The Bertz CT molecular complexity index is 736. The van der Waals surface area contributed by atoms with E-state index in [2.05, 4.69) is 4.84 Å². The van der Waals surface area contributed by atoms with E-state index in [9.17, 15) is 9.90 Å². The van der Waals surface area contributed by atoms with Crippen molar-refractivity contribution >= 4 is 6.16 Å². The molecular formula is C21H25NO6. The predicted molar refractivity (Wildman–Crippen MR) is 103 cm³/mol. The van der Waals surface area contributed by atoms with E-state index in [4.69, 9.17) is 14.6 Å². The van der Waals surface area contributed by atoms with E-state index in [0.29, 0.717) is 26.2 Å². The molecule has 0 aromatic heterocycles. The van der Waals surface area contributed by atoms with E-state index >= 15 is 0 Å². The van der Waals surface area contributed by atoms with E-state index in [-0.39, 0.29) is 12.5 Å². The molecule has 1 saturated heterocycles. The number of para-hydroxylation sites is 1. The first-order chi connectivity index (χ1) is 13.6. The van der Waals surface area contributed by atoms with Crippen LogP contribution in [0.3, 0.4) is 0 Å². The number of carboxylic acid groups (broad SMARTS) is 1. The monoisotopic (exact) mass is 387 g/mol. The maximum atomic E-state index is 10.6. The molecule has 1 heterocycles. The summed E-state index contributed by atoms with van der Waals surface area (Å²) in [5.41, 5.74) is 1.00. The maximum Gasteiger partial charge on any atom is 0.525 e. The molecule has 2 N–H and O–H groups in total. The van der Waals surface area contributed by atoms with Crippen LogP contribution in [0, 0.1) is 0 Å². The molecule has 2 aromatic carbocycles. The van der Waals surface area contributed by atoms with Crippen molar-refractivity contribution in [1.29, 1.82) is 0 Å². The highest BCUT2D eigenvalue weighted by Gasteiger charge is 2.30. The molecule has 1 aliphatic rings. The van der Waals surface area contributed by atoms with Crippen molar-refractivity contribution in [2.45, 2.75) is 24.9 Å². The van der Waals surface area contributed by atoms with Gasteiger partial charge >= 0.3 is 6.16 Å². The minimum absolute atomic E-state index is 0.0537. The first-order valence-electron chi connectivity index (χ1n) is 9.36. The Balaban J connectivity index is 1.40. The van der Waals surface area contributed by atoms with Gasteiger partial charge in [0.2, 0.25) is 0 Å². The van der Waals surface area contributed by atoms with E-state index < -0.39 is 12.3 Å². The van der Waals surface area contributed by atoms with Crippen molar-refractivity contribution in [3.8, 4) is 11.5 Å². The fourth-order valence-electron chi connectivity index (χ4n) is 3.25. The molecule has 7 heteroatoms. The van der Waals surface area contributed by atoms with Crippen LogP contribution in [0.2, 0.25) is 0 Å². The molecule has 0 radical (unpaired) electrons. The standard InChI is InChI=1S/C21H25NO6/c23-20-15-22(28-21(24)25)12-11-19(20)16-7-9-18(10-8-16)27-14-4-13-26-17-5-2-1-3-6-17/h1-3,5-10,19-20,23H,4,11-15H2,(H,24,25). The van der Waals surface area contributed by atoms with Crippen molar-refractivity contribution in [3.05, 3.63) is 60.2 Å². The van der Waals surface area contributed by atoms with Gasteiger partial charge in [0, 0.05) is 18.9 Å². The lowest BCUT2D eigenvalue weighted by Gasteiger charge is -2.34.